The molecule has 1 aromatic carbocycles. The Labute approximate surface area is 119 Å². The average molecular weight is 321 g/mol. The largest absolute Gasteiger partial charge is 0.493 e. The summed E-state index contributed by atoms with van der Waals surface area (Å²) in [4.78, 5) is 16.3. The van der Waals surface area contributed by atoms with Gasteiger partial charge in [0.05, 0.1) is 6.61 Å². The Kier molecular flexibility index (Phi) is 3.14. The van der Waals surface area contributed by atoms with Crippen molar-refractivity contribution < 1.29 is 4.74 Å². The number of halogens is 1. The van der Waals surface area contributed by atoms with Crippen LogP contribution in [0.5, 0.6) is 5.75 Å². The van der Waals surface area contributed by atoms with E-state index in [0.717, 1.165) is 17.1 Å². The van der Waals surface area contributed by atoms with Crippen molar-refractivity contribution in [3.05, 3.63) is 56.7 Å². The van der Waals surface area contributed by atoms with E-state index in [9.17, 15) is 4.79 Å². The van der Waals surface area contributed by atoms with Gasteiger partial charge >= 0.3 is 0 Å². The number of rotatable bonds is 2. The van der Waals surface area contributed by atoms with E-state index in [-0.39, 0.29) is 11.5 Å². The number of fused-ring (bicyclic) bond motifs is 1. The first-order valence-corrected chi connectivity index (χ1v) is 6.90. The molecule has 0 radical (unpaired) electrons. The molecule has 1 unspecified atom stereocenters. The number of hydrogen-bond donors (Lipinski definition) is 0. The van der Waals surface area contributed by atoms with E-state index in [1.54, 1.807) is 10.8 Å². The fourth-order valence-corrected chi connectivity index (χ4v) is 2.68. The minimum atomic E-state index is -0.0446. The van der Waals surface area contributed by atoms with Crippen LogP contribution in [0, 0.1) is 6.92 Å². The number of ether oxygens (including phenoxy) is 1. The average Bonchev–Trinajstić information content (AvgIpc) is 2.83. The Morgan fingerprint density at radius 3 is 3.11 bits per heavy atom. The second-order valence-electron chi connectivity index (χ2n) is 4.61. The summed E-state index contributed by atoms with van der Waals surface area (Å²) in [7, 11) is 0. The maximum absolute atomic E-state index is 12.1. The summed E-state index contributed by atoms with van der Waals surface area (Å²) in [5.41, 5.74) is 1.12. The zero-order valence-electron chi connectivity index (χ0n) is 10.5. The van der Waals surface area contributed by atoms with Crippen LogP contribution in [0.3, 0.4) is 0 Å². The zero-order chi connectivity index (χ0) is 13.4. The van der Waals surface area contributed by atoms with Gasteiger partial charge in [0, 0.05) is 24.2 Å². The minimum absolute atomic E-state index is 0.0446. The van der Waals surface area contributed by atoms with Gasteiger partial charge in [-0.2, -0.15) is 0 Å². The number of benzene rings is 1. The van der Waals surface area contributed by atoms with Crippen molar-refractivity contribution in [3.63, 3.8) is 0 Å². The first-order valence-electron chi connectivity index (χ1n) is 6.10. The lowest BCUT2D eigenvalue weighted by Crippen LogP contribution is -2.27. The van der Waals surface area contributed by atoms with Crippen LogP contribution in [0.4, 0.5) is 0 Å². The second-order valence-corrected chi connectivity index (χ2v) is 5.47. The number of aromatic nitrogens is 2. The summed E-state index contributed by atoms with van der Waals surface area (Å²) >= 11 is 3.23. The lowest BCUT2D eigenvalue weighted by Gasteiger charge is -2.13. The molecule has 2 heterocycles. The molecule has 0 spiro atoms. The standard InChI is InChI=1S/C14H13BrN2O2/c1-9-16-6-12(15)14(18)17(9)7-10-8-19-13-5-3-2-4-11(10)13/h2-6,10H,7-8H2,1H3. The van der Waals surface area contributed by atoms with Crippen LogP contribution in [-0.2, 0) is 6.54 Å². The molecule has 0 saturated carbocycles. The third kappa shape index (κ3) is 2.18. The van der Waals surface area contributed by atoms with Crippen LogP contribution in [0.25, 0.3) is 0 Å². The van der Waals surface area contributed by atoms with Gasteiger partial charge in [-0.3, -0.25) is 9.36 Å². The molecule has 1 atom stereocenters. The van der Waals surface area contributed by atoms with Gasteiger partial charge in [0.25, 0.3) is 5.56 Å². The molecular weight excluding hydrogens is 308 g/mol. The predicted molar refractivity (Wildman–Crippen MR) is 75.6 cm³/mol. The van der Waals surface area contributed by atoms with Crippen molar-refractivity contribution >= 4 is 15.9 Å². The fourth-order valence-electron chi connectivity index (χ4n) is 2.37. The van der Waals surface area contributed by atoms with Crippen LogP contribution >= 0.6 is 15.9 Å². The molecule has 0 amide bonds. The number of aryl methyl sites for hydroxylation is 1. The van der Waals surface area contributed by atoms with Crippen molar-refractivity contribution in [2.75, 3.05) is 6.61 Å². The molecule has 98 valence electrons. The number of nitrogens with zero attached hydrogens (tertiary/aromatic N) is 2. The smallest absolute Gasteiger partial charge is 0.267 e. The van der Waals surface area contributed by atoms with E-state index >= 15 is 0 Å². The van der Waals surface area contributed by atoms with Crippen LogP contribution < -0.4 is 10.3 Å². The van der Waals surface area contributed by atoms with E-state index < -0.39 is 0 Å². The molecule has 3 rings (SSSR count). The highest BCUT2D eigenvalue weighted by Crippen LogP contribution is 2.34. The van der Waals surface area contributed by atoms with Crippen molar-refractivity contribution in [1.82, 2.24) is 9.55 Å². The SMILES string of the molecule is Cc1ncc(Br)c(=O)n1CC1COc2ccccc21. The Hall–Kier alpha value is -1.62. The molecule has 5 heteroatoms. The molecule has 1 aliphatic heterocycles. The molecule has 2 aromatic rings. The van der Waals surface area contributed by atoms with E-state index in [0.29, 0.717) is 17.6 Å². The van der Waals surface area contributed by atoms with Gasteiger partial charge in [0.2, 0.25) is 0 Å². The van der Waals surface area contributed by atoms with Gasteiger partial charge in [-0.15, -0.1) is 0 Å². The Balaban J connectivity index is 1.96. The highest BCUT2D eigenvalue weighted by Gasteiger charge is 2.25. The predicted octanol–water partition coefficient (Wildman–Crippen LogP) is 2.49. The lowest BCUT2D eigenvalue weighted by molar-refractivity contribution is 0.316. The lowest BCUT2D eigenvalue weighted by atomic mass is 10.0. The van der Waals surface area contributed by atoms with Crippen LogP contribution in [0.2, 0.25) is 0 Å². The molecule has 0 bridgehead atoms. The van der Waals surface area contributed by atoms with Gasteiger partial charge < -0.3 is 4.74 Å². The van der Waals surface area contributed by atoms with Crippen LogP contribution in [-0.4, -0.2) is 16.2 Å². The van der Waals surface area contributed by atoms with E-state index in [2.05, 4.69) is 27.0 Å². The molecule has 0 fully saturated rings. The summed E-state index contributed by atoms with van der Waals surface area (Å²) < 4.78 is 7.83. The molecule has 1 aromatic heterocycles. The van der Waals surface area contributed by atoms with E-state index in [4.69, 9.17) is 4.74 Å². The van der Waals surface area contributed by atoms with Gasteiger partial charge in [0.15, 0.2) is 0 Å². The zero-order valence-corrected chi connectivity index (χ0v) is 12.1. The van der Waals surface area contributed by atoms with Gasteiger partial charge in [-0.1, -0.05) is 18.2 Å². The third-order valence-electron chi connectivity index (χ3n) is 3.41. The maximum Gasteiger partial charge on any atom is 0.267 e. The molecule has 0 saturated heterocycles. The van der Waals surface area contributed by atoms with Gasteiger partial charge in [-0.25, -0.2) is 4.98 Å². The van der Waals surface area contributed by atoms with Gasteiger partial charge in [0.1, 0.15) is 16.0 Å². The maximum atomic E-state index is 12.1. The first-order chi connectivity index (χ1) is 9.16. The normalized spacial score (nSPS) is 17.1. The summed E-state index contributed by atoms with van der Waals surface area (Å²) in [6.45, 7) is 3.04. The summed E-state index contributed by atoms with van der Waals surface area (Å²) in [6, 6.07) is 7.97. The van der Waals surface area contributed by atoms with Crippen molar-refractivity contribution in [2.24, 2.45) is 0 Å². The number of hydrogen-bond acceptors (Lipinski definition) is 3. The third-order valence-corrected chi connectivity index (χ3v) is 3.95. The van der Waals surface area contributed by atoms with Crippen molar-refractivity contribution in [2.45, 2.75) is 19.4 Å². The fraction of sp³-hybridized carbons (Fsp3) is 0.286. The first kappa shape index (κ1) is 12.4. The monoisotopic (exact) mass is 320 g/mol. The highest BCUT2D eigenvalue weighted by atomic mass is 79.9. The molecule has 19 heavy (non-hydrogen) atoms. The van der Waals surface area contributed by atoms with Gasteiger partial charge in [-0.05, 0) is 28.9 Å². The van der Waals surface area contributed by atoms with E-state index in [1.165, 1.54) is 0 Å². The Morgan fingerprint density at radius 1 is 1.47 bits per heavy atom. The minimum Gasteiger partial charge on any atom is -0.493 e. The topological polar surface area (TPSA) is 44.1 Å². The Morgan fingerprint density at radius 2 is 2.26 bits per heavy atom. The van der Waals surface area contributed by atoms with Crippen molar-refractivity contribution in [3.8, 4) is 5.75 Å². The molecule has 0 aliphatic carbocycles. The number of para-hydroxylation sites is 1. The summed E-state index contributed by atoms with van der Waals surface area (Å²) in [6.07, 6.45) is 1.55. The molecule has 4 nitrogen and oxygen atoms in total. The van der Waals surface area contributed by atoms with E-state index in [1.807, 2.05) is 25.1 Å². The Bertz CT molecular complexity index is 681. The van der Waals surface area contributed by atoms with Crippen molar-refractivity contribution in [1.29, 1.82) is 0 Å². The molecular formula is C14H13BrN2O2. The quantitative estimate of drug-likeness (QED) is 0.854. The van der Waals surface area contributed by atoms with Crippen LogP contribution in [0.1, 0.15) is 17.3 Å². The van der Waals surface area contributed by atoms with Crippen LogP contribution in [0.15, 0.2) is 39.7 Å². The summed E-state index contributed by atoms with van der Waals surface area (Å²) in [5.74, 6) is 1.84. The second kappa shape index (κ2) is 4.81. The molecule has 1 aliphatic rings. The highest BCUT2D eigenvalue weighted by molar-refractivity contribution is 9.10. The molecule has 0 N–H and O–H groups in total. The summed E-state index contributed by atoms with van der Waals surface area (Å²) in [5, 5.41) is 0.